The molecule has 15 heavy (non-hydrogen) atoms. The lowest BCUT2D eigenvalue weighted by Crippen LogP contribution is -2.13. The van der Waals surface area contributed by atoms with Crippen LogP contribution in [-0.2, 0) is 4.79 Å². The molecule has 2 aliphatic carbocycles. The molecule has 0 heterocycles. The van der Waals surface area contributed by atoms with Crippen LogP contribution in [0.4, 0.5) is 0 Å². The molecule has 86 valence electrons. The van der Waals surface area contributed by atoms with Gasteiger partial charge in [-0.05, 0) is 24.7 Å². The minimum Gasteiger partial charge on any atom is -0.299 e. The highest BCUT2D eigenvalue weighted by Crippen LogP contribution is 2.35. The molecule has 0 amide bonds. The van der Waals surface area contributed by atoms with E-state index in [0.717, 1.165) is 18.3 Å². The Morgan fingerprint density at radius 3 is 2.40 bits per heavy atom. The van der Waals surface area contributed by atoms with Gasteiger partial charge in [-0.25, -0.2) is 0 Å². The molecule has 0 aliphatic heterocycles. The number of Topliss-reactive ketones (excluding diaryl/α,β-unsaturated/α-hetero) is 1. The van der Waals surface area contributed by atoms with Crippen LogP contribution >= 0.6 is 0 Å². The van der Waals surface area contributed by atoms with Gasteiger partial charge in [0.05, 0.1) is 0 Å². The van der Waals surface area contributed by atoms with Crippen LogP contribution in [0.5, 0.6) is 0 Å². The van der Waals surface area contributed by atoms with Crippen molar-refractivity contribution >= 4 is 5.78 Å². The van der Waals surface area contributed by atoms with Gasteiger partial charge in [0.25, 0.3) is 0 Å². The van der Waals surface area contributed by atoms with Crippen molar-refractivity contribution in [3.63, 3.8) is 0 Å². The summed E-state index contributed by atoms with van der Waals surface area (Å²) in [4.78, 5) is 11.4. The first-order chi connectivity index (χ1) is 7.27. The van der Waals surface area contributed by atoms with Gasteiger partial charge in [0, 0.05) is 12.3 Å². The number of hydrogen-bond donors (Lipinski definition) is 0. The highest BCUT2D eigenvalue weighted by atomic mass is 16.1. The molecule has 2 fully saturated rings. The van der Waals surface area contributed by atoms with Crippen molar-refractivity contribution in [3.05, 3.63) is 0 Å². The van der Waals surface area contributed by atoms with Crippen LogP contribution in [0.3, 0.4) is 0 Å². The van der Waals surface area contributed by atoms with E-state index in [4.69, 9.17) is 0 Å². The van der Waals surface area contributed by atoms with Crippen molar-refractivity contribution in [3.8, 4) is 0 Å². The van der Waals surface area contributed by atoms with Crippen molar-refractivity contribution in [1.29, 1.82) is 0 Å². The molecule has 0 N–H and O–H groups in total. The third-order valence-corrected chi connectivity index (χ3v) is 4.65. The Labute approximate surface area is 93.6 Å². The zero-order valence-corrected chi connectivity index (χ0v) is 10.0. The highest BCUT2D eigenvalue weighted by Gasteiger charge is 2.30. The van der Waals surface area contributed by atoms with Crippen molar-refractivity contribution in [2.45, 2.75) is 64.7 Å². The monoisotopic (exact) mass is 208 g/mol. The molecule has 0 aromatic rings. The van der Waals surface area contributed by atoms with Gasteiger partial charge < -0.3 is 0 Å². The summed E-state index contributed by atoms with van der Waals surface area (Å²) in [5.41, 5.74) is 0. The summed E-state index contributed by atoms with van der Waals surface area (Å²) < 4.78 is 0. The zero-order valence-electron chi connectivity index (χ0n) is 10.0. The Hall–Kier alpha value is -0.330. The molecular formula is C14H24O. The molecular weight excluding hydrogens is 184 g/mol. The lowest BCUT2D eigenvalue weighted by molar-refractivity contribution is -0.120. The van der Waals surface area contributed by atoms with Crippen LogP contribution in [0.2, 0.25) is 0 Å². The average molecular weight is 208 g/mol. The molecule has 0 aromatic carbocycles. The van der Waals surface area contributed by atoms with Gasteiger partial charge in [-0.2, -0.15) is 0 Å². The van der Waals surface area contributed by atoms with E-state index in [1.807, 2.05) is 0 Å². The lowest BCUT2D eigenvalue weighted by atomic mass is 9.82. The molecule has 1 nitrogen and oxygen atoms in total. The maximum Gasteiger partial charge on any atom is 0.135 e. The number of hydrogen-bond acceptors (Lipinski definition) is 1. The number of carbonyl (C=O) groups is 1. The average Bonchev–Trinajstić information content (AvgIpc) is 2.59. The van der Waals surface area contributed by atoms with Gasteiger partial charge in [0.15, 0.2) is 0 Å². The van der Waals surface area contributed by atoms with E-state index >= 15 is 0 Å². The first kappa shape index (κ1) is 11.2. The first-order valence-electron chi connectivity index (χ1n) is 6.80. The summed E-state index contributed by atoms with van der Waals surface area (Å²) in [6, 6.07) is 0. The second-order valence-electron chi connectivity index (χ2n) is 5.64. The summed E-state index contributed by atoms with van der Waals surface area (Å²) in [5.74, 6) is 2.60. The lowest BCUT2D eigenvalue weighted by Gasteiger charge is -2.23. The predicted molar refractivity (Wildman–Crippen MR) is 62.7 cm³/mol. The fraction of sp³-hybridized carbons (Fsp3) is 0.929. The van der Waals surface area contributed by atoms with E-state index < -0.39 is 0 Å². The summed E-state index contributed by atoms with van der Waals surface area (Å²) in [5, 5.41) is 0. The van der Waals surface area contributed by atoms with Crippen molar-refractivity contribution in [2.75, 3.05) is 0 Å². The fourth-order valence-electron chi connectivity index (χ4n) is 3.39. The van der Waals surface area contributed by atoms with Gasteiger partial charge in [-0.15, -0.1) is 0 Å². The topological polar surface area (TPSA) is 17.1 Å². The van der Waals surface area contributed by atoms with Crippen LogP contribution in [0.1, 0.15) is 64.7 Å². The summed E-state index contributed by atoms with van der Waals surface area (Å²) in [6.07, 6.45) is 12.0. The molecule has 2 atom stereocenters. The normalized spacial score (nSPS) is 33.5. The van der Waals surface area contributed by atoms with E-state index in [9.17, 15) is 4.79 Å². The summed E-state index contributed by atoms with van der Waals surface area (Å²) in [6.45, 7) is 2.14. The van der Waals surface area contributed by atoms with Crippen LogP contribution in [0, 0.1) is 17.8 Å². The Morgan fingerprint density at radius 2 is 1.80 bits per heavy atom. The molecule has 2 aliphatic rings. The molecule has 0 aromatic heterocycles. The maximum atomic E-state index is 11.4. The highest BCUT2D eigenvalue weighted by molar-refractivity contribution is 5.82. The third kappa shape index (κ3) is 2.83. The van der Waals surface area contributed by atoms with E-state index in [1.54, 1.807) is 0 Å². The minimum atomic E-state index is 0.369. The quantitative estimate of drug-likeness (QED) is 0.686. The van der Waals surface area contributed by atoms with E-state index in [-0.39, 0.29) is 0 Å². The van der Waals surface area contributed by atoms with Gasteiger partial charge in [0.2, 0.25) is 0 Å². The Kier molecular flexibility index (Phi) is 3.82. The minimum absolute atomic E-state index is 0.369. The SMILES string of the molecule is CC1C(=O)CCC1CCC1CCCCC1. The molecule has 2 rings (SSSR count). The number of rotatable bonds is 3. The molecule has 1 heteroatoms. The van der Waals surface area contributed by atoms with Crippen LogP contribution in [0.15, 0.2) is 0 Å². The molecule has 2 saturated carbocycles. The van der Waals surface area contributed by atoms with Crippen LogP contribution in [0.25, 0.3) is 0 Å². The first-order valence-corrected chi connectivity index (χ1v) is 6.80. The smallest absolute Gasteiger partial charge is 0.135 e. The zero-order chi connectivity index (χ0) is 10.7. The summed E-state index contributed by atoms with van der Waals surface area (Å²) in [7, 11) is 0. The largest absolute Gasteiger partial charge is 0.299 e. The van der Waals surface area contributed by atoms with Gasteiger partial charge in [-0.3, -0.25) is 4.79 Å². The van der Waals surface area contributed by atoms with Crippen molar-refractivity contribution in [2.24, 2.45) is 17.8 Å². The molecule has 0 radical (unpaired) electrons. The second kappa shape index (κ2) is 5.14. The van der Waals surface area contributed by atoms with Crippen molar-refractivity contribution < 1.29 is 4.79 Å². The Morgan fingerprint density at radius 1 is 1.07 bits per heavy atom. The number of carbonyl (C=O) groups excluding carboxylic acids is 1. The molecule has 0 bridgehead atoms. The van der Waals surface area contributed by atoms with E-state index in [2.05, 4.69) is 6.92 Å². The summed E-state index contributed by atoms with van der Waals surface area (Å²) >= 11 is 0. The van der Waals surface area contributed by atoms with Crippen LogP contribution < -0.4 is 0 Å². The van der Waals surface area contributed by atoms with Gasteiger partial charge in [0.1, 0.15) is 5.78 Å². The van der Waals surface area contributed by atoms with E-state index in [1.165, 1.54) is 51.4 Å². The standard InChI is InChI=1S/C14H24O/c1-11-13(9-10-14(11)15)8-7-12-5-3-2-4-6-12/h11-13H,2-10H2,1H3. The molecule has 2 unspecified atom stereocenters. The van der Waals surface area contributed by atoms with E-state index in [0.29, 0.717) is 11.7 Å². The maximum absolute atomic E-state index is 11.4. The Balaban J connectivity index is 1.71. The Bertz CT molecular complexity index is 215. The molecule has 0 spiro atoms. The fourth-order valence-corrected chi connectivity index (χ4v) is 3.39. The predicted octanol–water partition coefficient (Wildman–Crippen LogP) is 3.96. The van der Waals surface area contributed by atoms with Crippen molar-refractivity contribution in [1.82, 2.24) is 0 Å². The third-order valence-electron chi connectivity index (χ3n) is 4.65. The molecule has 0 saturated heterocycles. The van der Waals surface area contributed by atoms with Crippen LogP contribution in [-0.4, -0.2) is 5.78 Å². The second-order valence-corrected chi connectivity index (χ2v) is 5.64. The van der Waals surface area contributed by atoms with Gasteiger partial charge >= 0.3 is 0 Å². The number of ketones is 1. The van der Waals surface area contributed by atoms with Gasteiger partial charge in [-0.1, -0.05) is 45.4 Å².